The van der Waals surface area contributed by atoms with E-state index in [0.29, 0.717) is 12.1 Å². The molecule has 1 aromatic heterocycles. The number of amides is 1. The molecule has 1 amide bonds. The fourth-order valence-electron chi connectivity index (χ4n) is 3.99. The number of hydrogen-bond donors (Lipinski definition) is 4. The number of aromatic amines is 1. The maximum Gasteiger partial charge on any atom is 0.248 e. The molecule has 0 fully saturated rings. The van der Waals surface area contributed by atoms with E-state index in [9.17, 15) is 9.90 Å². The van der Waals surface area contributed by atoms with Crippen molar-refractivity contribution in [2.75, 3.05) is 13.2 Å². The van der Waals surface area contributed by atoms with E-state index in [4.69, 9.17) is 10.5 Å². The van der Waals surface area contributed by atoms with Gasteiger partial charge >= 0.3 is 0 Å². The Morgan fingerprint density at radius 3 is 2.53 bits per heavy atom. The minimum absolute atomic E-state index is 0.189. The van der Waals surface area contributed by atoms with Crippen molar-refractivity contribution in [3.8, 4) is 5.75 Å². The van der Waals surface area contributed by atoms with Crippen LogP contribution in [0.25, 0.3) is 21.8 Å². The highest BCUT2D eigenvalue weighted by Gasteiger charge is 2.20. The number of carbonyl (C=O) groups is 1. The number of aliphatic hydroxyl groups excluding tert-OH is 1. The van der Waals surface area contributed by atoms with Crippen molar-refractivity contribution in [2.24, 2.45) is 5.73 Å². The lowest BCUT2D eigenvalue weighted by atomic mass is 9.94. The monoisotopic (exact) mass is 431 g/mol. The maximum atomic E-state index is 11.2. The molecule has 0 radical (unpaired) electrons. The number of fused-ring (bicyclic) bond motifs is 3. The van der Waals surface area contributed by atoms with Gasteiger partial charge in [0.1, 0.15) is 18.5 Å². The molecule has 0 spiro atoms. The van der Waals surface area contributed by atoms with Gasteiger partial charge in [0, 0.05) is 33.9 Å². The fraction of sp³-hybridized carbons (Fsp3) is 0.269. The Morgan fingerprint density at radius 2 is 1.78 bits per heavy atom. The highest BCUT2D eigenvalue weighted by Crippen LogP contribution is 2.33. The van der Waals surface area contributed by atoms with Crippen LogP contribution in [0.4, 0.5) is 0 Å². The van der Waals surface area contributed by atoms with Gasteiger partial charge in [-0.15, -0.1) is 0 Å². The maximum absolute atomic E-state index is 11.2. The third kappa shape index (κ3) is 4.93. The summed E-state index contributed by atoms with van der Waals surface area (Å²) in [5.41, 5.74) is 8.72. The highest BCUT2D eigenvalue weighted by atomic mass is 16.5. The van der Waals surface area contributed by atoms with Crippen LogP contribution in [0.2, 0.25) is 0 Å². The van der Waals surface area contributed by atoms with Crippen molar-refractivity contribution >= 4 is 27.7 Å². The zero-order chi connectivity index (χ0) is 22.7. The van der Waals surface area contributed by atoms with Crippen molar-refractivity contribution in [1.29, 1.82) is 0 Å². The second-order valence-electron chi connectivity index (χ2n) is 8.82. The number of para-hydroxylation sites is 1. The van der Waals surface area contributed by atoms with Gasteiger partial charge in [0.2, 0.25) is 5.91 Å². The summed E-state index contributed by atoms with van der Waals surface area (Å²) in [6.45, 7) is 4.75. The summed E-state index contributed by atoms with van der Waals surface area (Å²) in [5, 5.41) is 16.1. The Balaban J connectivity index is 1.35. The molecule has 0 unspecified atom stereocenters. The van der Waals surface area contributed by atoms with E-state index in [1.165, 1.54) is 0 Å². The van der Waals surface area contributed by atoms with Crippen molar-refractivity contribution in [3.05, 3.63) is 77.9 Å². The third-order valence-corrected chi connectivity index (χ3v) is 5.62. The van der Waals surface area contributed by atoms with E-state index in [0.717, 1.165) is 39.5 Å². The highest BCUT2D eigenvalue weighted by molar-refractivity contribution is 6.10. The Hall–Kier alpha value is -3.35. The molecule has 6 heteroatoms. The molecule has 0 saturated carbocycles. The third-order valence-electron chi connectivity index (χ3n) is 5.62. The fourth-order valence-corrected chi connectivity index (χ4v) is 3.99. The van der Waals surface area contributed by atoms with Crippen molar-refractivity contribution in [2.45, 2.75) is 31.9 Å². The molecule has 0 aliphatic rings. The van der Waals surface area contributed by atoms with Gasteiger partial charge in [-0.1, -0.05) is 36.4 Å². The molecule has 166 valence electrons. The molecule has 4 rings (SSSR count). The second kappa shape index (κ2) is 9.02. The SMILES string of the molecule is CC(C)(Cc1ccc(C(N)=O)cc1)NC[C@H](O)COc1cccc2[nH]c3ccccc3c12. The summed E-state index contributed by atoms with van der Waals surface area (Å²) in [4.78, 5) is 14.6. The van der Waals surface area contributed by atoms with Gasteiger partial charge < -0.3 is 25.9 Å². The second-order valence-corrected chi connectivity index (χ2v) is 8.82. The van der Waals surface area contributed by atoms with Gasteiger partial charge in [0.25, 0.3) is 0 Å². The number of hydrogen-bond acceptors (Lipinski definition) is 4. The van der Waals surface area contributed by atoms with Crippen LogP contribution in [0.15, 0.2) is 66.7 Å². The Morgan fingerprint density at radius 1 is 1.06 bits per heavy atom. The summed E-state index contributed by atoms with van der Waals surface area (Å²) in [5.74, 6) is 0.327. The van der Waals surface area contributed by atoms with Crippen LogP contribution < -0.4 is 15.8 Å². The van der Waals surface area contributed by atoms with E-state index in [2.05, 4.69) is 30.2 Å². The molecule has 0 bridgehead atoms. The molecule has 32 heavy (non-hydrogen) atoms. The van der Waals surface area contributed by atoms with Gasteiger partial charge in [-0.25, -0.2) is 0 Å². The van der Waals surface area contributed by atoms with E-state index in [-0.39, 0.29) is 12.1 Å². The number of carbonyl (C=O) groups excluding carboxylic acids is 1. The average Bonchev–Trinajstić information content (AvgIpc) is 3.16. The topological polar surface area (TPSA) is 100 Å². The van der Waals surface area contributed by atoms with E-state index in [1.807, 2.05) is 48.5 Å². The van der Waals surface area contributed by atoms with E-state index < -0.39 is 12.0 Å². The minimum atomic E-state index is -0.660. The molecule has 5 N–H and O–H groups in total. The van der Waals surface area contributed by atoms with Crippen LogP contribution in [0.3, 0.4) is 0 Å². The van der Waals surface area contributed by atoms with E-state index in [1.54, 1.807) is 12.1 Å². The molecule has 0 saturated heterocycles. The van der Waals surface area contributed by atoms with Crippen molar-refractivity contribution < 1.29 is 14.6 Å². The van der Waals surface area contributed by atoms with Gasteiger partial charge in [-0.05, 0) is 56.2 Å². The van der Waals surface area contributed by atoms with Crippen LogP contribution in [-0.4, -0.2) is 40.8 Å². The molecule has 1 heterocycles. The lowest BCUT2D eigenvalue weighted by molar-refractivity contribution is 0.0994. The van der Waals surface area contributed by atoms with Crippen molar-refractivity contribution in [3.63, 3.8) is 0 Å². The van der Waals surface area contributed by atoms with Gasteiger partial charge in [0.05, 0.1) is 5.52 Å². The molecule has 1 atom stereocenters. The lowest BCUT2D eigenvalue weighted by Gasteiger charge is -2.28. The predicted molar refractivity (Wildman–Crippen MR) is 128 cm³/mol. The van der Waals surface area contributed by atoms with Crippen molar-refractivity contribution in [1.82, 2.24) is 10.3 Å². The molecule has 0 aliphatic carbocycles. The normalized spacial score (nSPS) is 12.8. The first-order valence-electron chi connectivity index (χ1n) is 10.8. The van der Waals surface area contributed by atoms with Crippen LogP contribution in [-0.2, 0) is 6.42 Å². The molecular formula is C26H29N3O3. The minimum Gasteiger partial charge on any atom is -0.490 e. The predicted octanol–water partition coefficient (Wildman–Crippen LogP) is 3.77. The number of aromatic nitrogens is 1. The number of rotatable bonds is 9. The van der Waals surface area contributed by atoms with Crippen LogP contribution in [0.5, 0.6) is 5.75 Å². The van der Waals surface area contributed by atoms with Gasteiger partial charge in [0.15, 0.2) is 0 Å². The molecule has 3 aromatic carbocycles. The Bertz CT molecular complexity index is 1230. The number of nitrogens with one attached hydrogen (secondary N) is 2. The first kappa shape index (κ1) is 21.9. The summed E-state index contributed by atoms with van der Waals surface area (Å²) in [7, 11) is 0. The number of nitrogens with two attached hydrogens (primary N) is 1. The van der Waals surface area contributed by atoms with Gasteiger partial charge in [-0.2, -0.15) is 0 Å². The summed E-state index contributed by atoms with van der Waals surface area (Å²) >= 11 is 0. The number of ether oxygens (including phenoxy) is 1. The van der Waals surface area contributed by atoms with Crippen LogP contribution in [0.1, 0.15) is 29.8 Å². The zero-order valence-electron chi connectivity index (χ0n) is 18.4. The Labute approximate surface area is 187 Å². The number of H-pyrrole nitrogens is 1. The number of primary amides is 1. The largest absolute Gasteiger partial charge is 0.490 e. The number of aliphatic hydroxyl groups is 1. The summed E-state index contributed by atoms with van der Waals surface area (Å²) < 4.78 is 6.01. The smallest absolute Gasteiger partial charge is 0.248 e. The number of benzene rings is 3. The van der Waals surface area contributed by atoms with Gasteiger partial charge in [-0.3, -0.25) is 4.79 Å². The van der Waals surface area contributed by atoms with Crippen LogP contribution >= 0.6 is 0 Å². The molecule has 4 aromatic rings. The zero-order valence-corrected chi connectivity index (χ0v) is 18.4. The quantitative estimate of drug-likeness (QED) is 0.324. The lowest BCUT2D eigenvalue weighted by Crippen LogP contribution is -2.46. The molecule has 6 nitrogen and oxygen atoms in total. The Kier molecular flexibility index (Phi) is 6.17. The summed E-state index contributed by atoms with van der Waals surface area (Å²) in [6, 6.07) is 21.3. The summed E-state index contributed by atoms with van der Waals surface area (Å²) in [6.07, 6.45) is 0.0841. The first-order chi connectivity index (χ1) is 15.3. The molecule has 0 aliphatic heterocycles. The number of β-amino-alcohol motifs (C(OH)–C–C–N with tert-alkyl or cyclic N) is 1. The average molecular weight is 432 g/mol. The van der Waals surface area contributed by atoms with E-state index >= 15 is 0 Å². The molecular weight excluding hydrogens is 402 g/mol. The standard InChI is InChI=1S/C26H29N3O3/c1-26(2,14-17-10-12-18(13-11-17)25(27)31)28-15-19(30)16-32-23-9-5-8-22-24(23)20-6-3-4-7-21(20)29-22/h3-13,19,28-30H,14-16H2,1-2H3,(H2,27,31)/t19-/m0/s1. The van der Waals surface area contributed by atoms with Crippen LogP contribution in [0, 0.1) is 0 Å². The first-order valence-corrected chi connectivity index (χ1v) is 10.8.